The van der Waals surface area contributed by atoms with E-state index in [2.05, 4.69) is 0 Å². The highest BCUT2D eigenvalue weighted by Gasteiger charge is 2.31. The standard InChI is InChI=1S/C12H13FN2O2/c13-10-4-1-2-5-11(10)15-12(17)6-8-14(15)7-3-9-16/h1-2,4-5,9H,3,6-8H2. The smallest absolute Gasteiger partial charge is 0.243 e. The van der Waals surface area contributed by atoms with Crippen molar-refractivity contribution in [2.45, 2.75) is 12.8 Å². The third kappa shape index (κ3) is 2.34. The number of hydrogen-bond acceptors (Lipinski definition) is 3. The molecule has 1 aromatic rings. The fourth-order valence-corrected chi connectivity index (χ4v) is 1.91. The van der Waals surface area contributed by atoms with E-state index in [1.807, 2.05) is 0 Å². The molecule has 90 valence electrons. The van der Waals surface area contributed by atoms with Crippen molar-refractivity contribution < 1.29 is 14.0 Å². The number of benzene rings is 1. The Morgan fingerprint density at radius 2 is 2.12 bits per heavy atom. The number of anilines is 1. The van der Waals surface area contributed by atoms with Gasteiger partial charge >= 0.3 is 0 Å². The summed E-state index contributed by atoms with van der Waals surface area (Å²) in [7, 11) is 0. The normalized spacial score (nSPS) is 16.5. The summed E-state index contributed by atoms with van der Waals surface area (Å²) in [6, 6.07) is 6.14. The van der Waals surface area contributed by atoms with Gasteiger partial charge in [-0.3, -0.25) is 4.79 Å². The van der Waals surface area contributed by atoms with Crippen LogP contribution in [0.1, 0.15) is 12.8 Å². The summed E-state index contributed by atoms with van der Waals surface area (Å²) in [6.07, 6.45) is 1.48. The van der Waals surface area contributed by atoms with Crippen molar-refractivity contribution >= 4 is 17.9 Å². The lowest BCUT2D eigenvalue weighted by molar-refractivity contribution is -0.118. The zero-order chi connectivity index (χ0) is 12.3. The van der Waals surface area contributed by atoms with Gasteiger partial charge in [-0.1, -0.05) is 12.1 Å². The molecule has 0 aromatic heterocycles. The molecule has 1 aromatic carbocycles. The van der Waals surface area contributed by atoms with E-state index in [4.69, 9.17) is 0 Å². The van der Waals surface area contributed by atoms with Crippen LogP contribution in [0.15, 0.2) is 24.3 Å². The Kier molecular flexibility index (Phi) is 3.49. The number of para-hydroxylation sites is 1. The first-order valence-corrected chi connectivity index (χ1v) is 5.50. The largest absolute Gasteiger partial charge is 0.303 e. The second kappa shape index (κ2) is 5.05. The van der Waals surface area contributed by atoms with Crippen LogP contribution >= 0.6 is 0 Å². The lowest BCUT2D eigenvalue weighted by atomic mass is 10.3. The molecule has 17 heavy (non-hydrogen) atoms. The van der Waals surface area contributed by atoms with Crippen molar-refractivity contribution in [2.75, 3.05) is 18.1 Å². The number of hydrogen-bond donors (Lipinski definition) is 0. The maximum absolute atomic E-state index is 13.6. The summed E-state index contributed by atoms with van der Waals surface area (Å²) in [5.74, 6) is -0.570. The van der Waals surface area contributed by atoms with Crippen LogP contribution in [0.25, 0.3) is 0 Å². The molecule has 1 aliphatic rings. The predicted molar refractivity (Wildman–Crippen MR) is 60.8 cm³/mol. The van der Waals surface area contributed by atoms with Gasteiger partial charge in [0.2, 0.25) is 5.91 Å². The molecule has 1 fully saturated rings. The zero-order valence-corrected chi connectivity index (χ0v) is 9.30. The van der Waals surface area contributed by atoms with Crippen molar-refractivity contribution in [2.24, 2.45) is 0 Å². The molecule has 0 atom stereocenters. The lowest BCUT2D eigenvalue weighted by Crippen LogP contribution is -2.40. The Balaban J connectivity index is 2.24. The molecule has 0 bridgehead atoms. The highest BCUT2D eigenvalue weighted by molar-refractivity contribution is 5.94. The van der Waals surface area contributed by atoms with Gasteiger partial charge in [0.1, 0.15) is 12.1 Å². The Labute approximate surface area is 98.6 Å². The van der Waals surface area contributed by atoms with E-state index in [1.54, 1.807) is 23.2 Å². The summed E-state index contributed by atoms with van der Waals surface area (Å²) in [4.78, 5) is 22.1. The number of rotatable bonds is 4. The minimum atomic E-state index is -0.432. The summed E-state index contributed by atoms with van der Waals surface area (Å²) in [5.41, 5.74) is 0.251. The molecule has 4 nitrogen and oxygen atoms in total. The maximum atomic E-state index is 13.6. The summed E-state index contributed by atoms with van der Waals surface area (Å²) in [5, 5.41) is 3.04. The van der Waals surface area contributed by atoms with Gasteiger partial charge in [0, 0.05) is 25.9 Å². The van der Waals surface area contributed by atoms with Gasteiger partial charge in [0.15, 0.2) is 0 Å². The maximum Gasteiger partial charge on any atom is 0.243 e. The van der Waals surface area contributed by atoms with Crippen molar-refractivity contribution in [1.82, 2.24) is 5.01 Å². The minimum absolute atomic E-state index is 0.138. The Morgan fingerprint density at radius 3 is 2.82 bits per heavy atom. The number of carbonyl (C=O) groups excluding carboxylic acids is 2. The fourth-order valence-electron chi connectivity index (χ4n) is 1.91. The minimum Gasteiger partial charge on any atom is -0.303 e. The van der Waals surface area contributed by atoms with Crippen molar-refractivity contribution in [1.29, 1.82) is 0 Å². The van der Waals surface area contributed by atoms with Crippen molar-refractivity contribution in [3.63, 3.8) is 0 Å². The summed E-state index contributed by atoms with van der Waals surface area (Å²) in [6.45, 7) is 0.963. The van der Waals surface area contributed by atoms with Crippen LogP contribution in [0, 0.1) is 5.82 Å². The number of carbonyl (C=O) groups is 2. The molecule has 2 rings (SSSR count). The molecule has 0 radical (unpaired) electrons. The molecule has 0 spiro atoms. The highest BCUT2D eigenvalue weighted by Crippen LogP contribution is 2.25. The molecule has 0 N–H and O–H groups in total. The molecule has 1 aliphatic heterocycles. The van der Waals surface area contributed by atoms with Gasteiger partial charge in [-0.25, -0.2) is 14.4 Å². The van der Waals surface area contributed by atoms with Crippen LogP contribution in [-0.2, 0) is 9.59 Å². The van der Waals surface area contributed by atoms with Gasteiger partial charge < -0.3 is 4.79 Å². The second-order valence-electron chi connectivity index (χ2n) is 3.82. The third-order valence-electron chi connectivity index (χ3n) is 2.69. The lowest BCUT2D eigenvalue weighted by Gasteiger charge is -2.27. The molecule has 0 aliphatic carbocycles. The van der Waals surface area contributed by atoms with E-state index < -0.39 is 5.82 Å². The van der Waals surface area contributed by atoms with Gasteiger partial charge in [0.25, 0.3) is 0 Å². The third-order valence-corrected chi connectivity index (χ3v) is 2.69. The van der Waals surface area contributed by atoms with E-state index in [9.17, 15) is 14.0 Å². The number of amides is 1. The average Bonchev–Trinajstić information content (AvgIpc) is 2.69. The van der Waals surface area contributed by atoms with Gasteiger partial charge in [-0.15, -0.1) is 0 Å². The van der Waals surface area contributed by atoms with E-state index >= 15 is 0 Å². The molecule has 0 unspecified atom stereocenters. The summed E-state index contributed by atoms with van der Waals surface area (Å²) < 4.78 is 13.6. The van der Waals surface area contributed by atoms with Crippen LogP contribution in [0.2, 0.25) is 0 Å². The first kappa shape index (κ1) is 11.7. The zero-order valence-electron chi connectivity index (χ0n) is 9.30. The fraction of sp³-hybridized carbons (Fsp3) is 0.333. The second-order valence-corrected chi connectivity index (χ2v) is 3.82. The van der Waals surface area contributed by atoms with Crippen molar-refractivity contribution in [3.8, 4) is 0 Å². The van der Waals surface area contributed by atoms with Gasteiger partial charge in [-0.05, 0) is 12.1 Å². The number of halogens is 1. The molecule has 5 heteroatoms. The van der Waals surface area contributed by atoms with Crippen LogP contribution in [-0.4, -0.2) is 30.3 Å². The predicted octanol–water partition coefficient (Wildman–Crippen LogP) is 1.37. The van der Waals surface area contributed by atoms with Gasteiger partial charge in [-0.2, -0.15) is 0 Å². The molecule has 1 heterocycles. The Hall–Kier alpha value is -1.75. The monoisotopic (exact) mass is 236 g/mol. The number of aldehydes is 1. The molecule has 1 amide bonds. The number of nitrogens with zero attached hydrogens (tertiary/aromatic N) is 2. The van der Waals surface area contributed by atoms with Crippen LogP contribution < -0.4 is 5.01 Å². The average molecular weight is 236 g/mol. The Bertz CT molecular complexity index is 436. The topological polar surface area (TPSA) is 40.6 Å². The molecule has 0 saturated carbocycles. The van der Waals surface area contributed by atoms with E-state index in [-0.39, 0.29) is 11.6 Å². The quantitative estimate of drug-likeness (QED) is 0.741. The van der Waals surface area contributed by atoms with Crippen LogP contribution in [0.3, 0.4) is 0 Å². The molecular formula is C12H13FN2O2. The summed E-state index contributed by atoms with van der Waals surface area (Å²) >= 11 is 0. The first-order valence-electron chi connectivity index (χ1n) is 5.50. The van der Waals surface area contributed by atoms with Crippen molar-refractivity contribution in [3.05, 3.63) is 30.1 Å². The van der Waals surface area contributed by atoms with Crippen LogP contribution in [0.4, 0.5) is 10.1 Å². The molecule has 1 saturated heterocycles. The van der Waals surface area contributed by atoms with E-state index in [0.717, 1.165) is 6.29 Å². The Morgan fingerprint density at radius 1 is 1.35 bits per heavy atom. The SMILES string of the molecule is O=CCCN1CCC(=O)N1c1ccccc1F. The number of hydrazine groups is 1. The molecular weight excluding hydrogens is 223 g/mol. The highest BCUT2D eigenvalue weighted by atomic mass is 19.1. The van der Waals surface area contributed by atoms with E-state index in [1.165, 1.54) is 11.1 Å². The van der Waals surface area contributed by atoms with Gasteiger partial charge in [0.05, 0.1) is 5.69 Å². The van der Waals surface area contributed by atoms with E-state index in [0.29, 0.717) is 25.9 Å². The first-order chi connectivity index (χ1) is 8.24. The van der Waals surface area contributed by atoms with Crippen LogP contribution in [0.5, 0.6) is 0 Å².